The van der Waals surface area contributed by atoms with E-state index in [1.54, 1.807) is 6.92 Å². The molecule has 0 saturated carbocycles. The fourth-order valence-corrected chi connectivity index (χ4v) is 1.23. The minimum absolute atomic E-state index is 0.0992. The van der Waals surface area contributed by atoms with Gasteiger partial charge in [0.2, 0.25) is 0 Å². The monoisotopic (exact) mass is 246 g/mol. The van der Waals surface area contributed by atoms with Gasteiger partial charge < -0.3 is 14.0 Å². The van der Waals surface area contributed by atoms with E-state index in [1.807, 2.05) is 0 Å². The fraction of sp³-hybridized carbons (Fsp3) is 0.833. The number of quaternary nitrogens is 1. The molecular formula is C12H24NO4+. The third-order valence-electron chi connectivity index (χ3n) is 2.07. The second kappa shape index (κ2) is 8.06. The van der Waals surface area contributed by atoms with E-state index in [2.05, 4.69) is 21.1 Å². The molecule has 0 rings (SSSR count). The Kier molecular flexibility index (Phi) is 7.54. The molecule has 0 unspecified atom stereocenters. The predicted octanol–water partition coefficient (Wildman–Crippen LogP) is 0.969. The molecular weight excluding hydrogens is 222 g/mol. The van der Waals surface area contributed by atoms with Crippen molar-refractivity contribution in [3.63, 3.8) is 0 Å². The molecule has 0 saturated heterocycles. The van der Waals surface area contributed by atoms with Gasteiger partial charge in [-0.1, -0.05) is 0 Å². The van der Waals surface area contributed by atoms with Gasteiger partial charge in [0.1, 0.15) is 0 Å². The van der Waals surface area contributed by atoms with E-state index in [0.717, 1.165) is 17.4 Å². The SMILES string of the molecule is CCOC(=O)CCC(=O)OCCC[N+](C)(C)C. The lowest BCUT2D eigenvalue weighted by Gasteiger charge is -2.23. The second-order valence-corrected chi connectivity index (χ2v) is 4.89. The van der Waals surface area contributed by atoms with Crippen molar-refractivity contribution in [2.45, 2.75) is 26.2 Å². The van der Waals surface area contributed by atoms with E-state index >= 15 is 0 Å². The first-order valence-electron chi connectivity index (χ1n) is 5.97. The molecule has 0 spiro atoms. The van der Waals surface area contributed by atoms with Gasteiger partial charge in [0.15, 0.2) is 0 Å². The van der Waals surface area contributed by atoms with E-state index in [-0.39, 0.29) is 24.8 Å². The van der Waals surface area contributed by atoms with Gasteiger partial charge in [0, 0.05) is 6.42 Å². The number of carbonyl (C=O) groups excluding carboxylic acids is 2. The third-order valence-corrected chi connectivity index (χ3v) is 2.07. The fourth-order valence-electron chi connectivity index (χ4n) is 1.23. The maximum atomic E-state index is 11.2. The highest BCUT2D eigenvalue weighted by Crippen LogP contribution is 1.98. The Bertz CT molecular complexity index is 245. The summed E-state index contributed by atoms with van der Waals surface area (Å²) in [4.78, 5) is 22.2. The molecule has 0 atom stereocenters. The molecule has 0 amide bonds. The Balaban J connectivity index is 3.50. The van der Waals surface area contributed by atoms with Crippen molar-refractivity contribution in [2.24, 2.45) is 0 Å². The number of rotatable bonds is 8. The molecule has 0 heterocycles. The van der Waals surface area contributed by atoms with Gasteiger partial charge in [-0.2, -0.15) is 0 Å². The molecule has 0 bridgehead atoms. The van der Waals surface area contributed by atoms with Gasteiger partial charge in [-0.05, 0) is 6.92 Å². The quantitative estimate of drug-likeness (QED) is 0.364. The van der Waals surface area contributed by atoms with Crippen LogP contribution < -0.4 is 0 Å². The molecule has 0 aromatic carbocycles. The van der Waals surface area contributed by atoms with Crippen molar-refractivity contribution >= 4 is 11.9 Å². The number of esters is 2. The summed E-state index contributed by atoms with van der Waals surface area (Å²) in [7, 11) is 6.26. The Morgan fingerprint density at radius 1 is 1.00 bits per heavy atom. The van der Waals surface area contributed by atoms with Crippen molar-refractivity contribution in [3.8, 4) is 0 Å². The highest BCUT2D eigenvalue weighted by Gasteiger charge is 2.10. The van der Waals surface area contributed by atoms with Crippen molar-refractivity contribution in [2.75, 3.05) is 40.9 Å². The van der Waals surface area contributed by atoms with Gasteiger partial charge in [0.05, 0.1) is 53.7 Å². The summed E-state index contributed by atoms with van der Waals surface area (Å²) in [6, 6.07) is 0. The topological polar surface area (TPSA) is 52.6 Å². The van der Waals surface area contributed by atoms with Crippen molar-refractivity contribution in [1.29, 1.82) is 0 Å². The molecule has 0 fully saturated rings. The normalized spacial score (nSPS) is 11.1. The average Bonchev–Trinajstić information content (AvgIpc) is 2.21. The first kappa shape index (κ1) is 15.9. The summed E-state index contributed by atoms with van der Waals surface area (Å²) < 4.78 is 10.6. The van der Waals surface area contributed by atoms with E-state index in [9.17, 15) is 9.59 Å². The highest BCUT2D eigenvalue weighted by atomic mass is 16.5. The minimum atomic E-state index is -0.351. The van der Waals surface area contributed by atoms with Crippen LogP contribution in [-0.2, 0) is 19.1 Å². The number of ether oxygens (including phenoxy) is 2. The zero-order chi connectivity index (χ0) is 13.3. The molecule has 0 aromatic rings. The van der Waals surface area contributed by atoms with E-state index in [1.165, 1.54) is 0 Å². The predicted molar refractivity (Wildman–Crippen MR) is 64.3 cm³/mol. The van der Waals surface area contributed by atoms with Crippen LogP contribution in [0.25, 0.3) is 0 Å². The molecule has 0 radical (unpaired) electrons. The molecule has 0 N–H and O–H groups in total. The van der Waals surface area contributed by atoms with Crippen LogP contribution in [0.4, 0.5) is 0 Å². The zero-order valence-electron chi connectivity index (χ0n) is 11.3. The summed E-state index contributed by atoms with van der Waals surface area (Å²) in [6.45, 7) is 3.45. The van der Waals surface area contributed by atoms with Gasteiger partial charge >= 0.3 is 11.9 Å². The Morgan fingerprint density at radius 2 is 1.53 bits per heavy atom. The van der Waals surface area contributed by atoms with Crippen molar-refractivity contribution in [3.05, 3.63) is 0 Å². The first-order chi connectivity index (χ1) is 7.85. The van der Waals surface area contributed by atoms with Crippen LogP contribution in [0, 0.1) is 0 Å². The first-order valence-corrected chi connectivity index (χ1v) is 5.97. The second-order valence-electron chi connectivity index (χ2n) is 4.89. The summed E-state index contributed by atoms with van der Waals surface area (Å²) in [5.74, 6) is -0.685. The lowest BCUT2D eigenvalue weighted by Crippen LogP contribution is -2.35. The van der Waals surface area contributed by atoms with Crippen LogP contribution in [-0.4, -0.2) is 57.3 Å². The number of hydrogen-bond acceptors (Lipinski definition) is 4. The Morgan fingerprint density at radius 3 is 2.00 bits per heavy atom. The smallest absolute Gasteiger partial charge is 0.306 e. The van der Waals surface area contributed by atoms with Crippen LogP contribution in [0.3, 0.4) is 0 Å². The summed E-state index contributed by atoms with van der Waals surface area (Å²) >= 11 is 0. The molecule has 0 aliphatic carbocycles. The van der Waals surface area contributed by atoms with Gasteiger partial charge in [-0.3, -0.25) is 9.59 Å². The molecule has 17 heavy (non-hydrogen) atoms. The lowest BCUT2D eigenvalue weighted by atomic mass is 10.3. The lowest BCUT2D eigenvalue weighted by molar-refractivity contribution is -0.870. The molecule has 0 aromatic heterocycles. The molecule has 0 aliphatic rings. The van der Waals surface area contributed by atoms with Gasteiger partial charge in [-0.25, -0.2) is 0 Å². The molecule has 100 valence electrons. The molecule has 0 aliphatic heterocycles. The average molecular weight is 246 g/mol. The van der Waals surface area contributed by atoms with Crippen LogP contribution in [0.15, 0.2) is 0 Å². The number of carbonyl (C=O) groups is 2. The molecule has 5 nitrogen and oxygen atoms in total. The summed E-state index contributed by atoms with van der Waals surface area (Å²) in [5, 5.41) is 0. The largest absolute Gasteiger partial charge is 0.466 e. The molecule has 5 heteroatoms. The third kappa shape index (κ3) is 11.2. The van der Waals surface area contributed by atoms with E-state index < -0.39 is 0 Å². The Hall–Kier alpha value is -1.10. The summed E-state index contributed by atoms with van der Waals surface area (Å²) in [5.41, 5.74) is 0. The van der Waals surface area contributed by atoms with Crippen molar-refractivity contribution in [1.82, 2.24) is 0 Å². The van der Waals surface area contributed by atoms with Gasteiger partial charge in [0.25, 0.3) is 0 Å². The van der Waals surface area contributed by atoms with Crippen LogP contribution >= 0.6 is 0 Å². The number of hydrogen-bond donors (Lipinski definition) is 0. The van der Waals surface area contributed by atoms with Gasteiger partial charge in [-0.15, -0.1) is 0 Å². The van der Waals surface area contributed by atoms with Crippen molar-refractivity contribution < 1.29 is 23.5 Å². The highest BCUT2D eigenvalue weighted by molar-refractivity contribution is 5.77. The maximum Gasteiger partial charge on any atom is 0.306 e. The van der Waals surface area contributed by atoms with E-state index in [0.29, 0.717) is 13.2 Å². The van der Waals surface area contributed by atoms with Crippen LogP contribution in [0.5, 0.6) is 0 Å². The summed E-state index contributed by atoms with van der Waals surface area (Å²) in [6.07, 6.45) is 1.03. The maximum absolute atomic E-state index is 11.2. The number of nitrogens with zero attached hydrogens (tertiary/aromatic N) is 1. The van der Waals surface area contributed by atoms with Crippen LogP contribution in [0.2, 0.25) is 0 Å². The zero-order valence-corrected chi connectivity index (χ0v) is 11.3. The minimum Gasteiger partial charge on any atom is -0.466 e. The van der Waals surface area contributed by atoms with Crippen LogP contribution in [0.1, 0.15) is 26.2 Å². The standard InChI is InChI=1S/C12H24NO4/c1-5-16-11(14)7-8-12(15)17-10-6-9-13(2,3)4/h5-10H2,1-4H3/q+1. The van der Waals surface area contributed by atoms with E-state index in [4.69, 9.17) is 9.47 Å². The Labute approximate surface area is 103 Å².